The molecule has 0 unspecified atom stereocenters. The number of aryl methyl sites for hydroxylation is 2. The van der Waals surface area contributed by atoms with Gasteiger partial charge < -0.3 is 9.64 Å². The van der Waals surface area contributed by atoms with Crippen molar-refractivity contribution in [2.45, 2.75) is 26.8 Å². The van der Waals surface area contributed by atoms with Gasteiger partial charge in [-0.25, -0.2) is 8.42 Å². The van der Waals surface area contributed by atoms with E-state index in [2.05, 4.69) is 0 Å². The van der Waals surface area contributed by atoms with E-state index in [4.69, 9.17) is 4.74 Å². The molecule has 2 aromatic rings. The molecule has 0 spiro atoms. The Labute approximate surface area is 160 Å². The average molecular weight is 385 g/mol. The van der Waals surface area contributed by atoms with E-state index < -0.39 is 15.9 Å². The standard InChI is InChI=1S/C21H23NO4S/c1-4-26-20-7-5-18(6-8-20)22(19-9-10-27(24,25)14-19)21(23)17-12-15(2)11-16(3)13-17/h5-13,19H,4,14H2,1-3H3/t19-/m0/s1. The van der Waals surface area contributed by atoms with Crippen LogP contribution in [-0.4, -0.2) is 32.7 Å². The van der Waals surface area contributed by atoms with Gasteiger partial charge in [-0.15, -0.1) is 0 Å². The fourth-order valence-corrected chi connectivity index (χ4v) is 4.55. The van der Waals surface area contributed by atoms with E-state index >= 15 is 0 Å². The topological polar surface area (TPSA) is 63.7 Å². The molecule has 0 N–H and O–H groups in total. The van der Waals surface area contributed by atoms with Crippen LogP contribution in [0.3, 0.4) is 0 Å². The lowest BCUT2D eigenvalue weighted by Gasteiger charge is -2.28. The van der Waals surface area contributed by atoms with E-state index in [0.717, 1.165) is 11.1 Å². The predicted molar refractivity (Wildman–Crippen MR) is 107 cm³/mol. The summed E-state index contributed by atoms with van der Waals surface area (Å²) in [6.07, 6.45) is 1.58. The largest absolute Gasteiger partial charge is 0.494 e. The number of carbonyl (C=O) groups is 1. The quantitative estimate of drug-likeness (QED) is 0.788. The summed E-state index contributed by atoms with van der Waals surface area (Å²) in [5, 5.41) is 1.19. The third kappa shape index (κ3) is 4.39. The molecular weight excluding hydrogens is 362 g/mol. The third-order valence-corrected chi connectivity index (χ3v) is 5.73. The summed E-state index contributed by atoms with van der Waals surface area (Å²) < 4.78 is 29.3. The number of ether oxygens (including phenoxy) is 1. The molecule has 2 aromatic carbocycles. The van der Waals surface area contributed by atoms with Gasteiger partial charge in [-0.3, -0.25) is 4.79 Å². The molecule has 0 fully saturated rings. The number of hydrogen-bond acceptors (Lipinski definition) is 4. The number of sulfone groups is 1. The van der Waals surface area contributed by atoms with Gasteiger partial charge in [0.05, 0.1) is 18.4 Å². The van der Waals surface area contributed by atoms with Gasteiger partial charge in [0.2, 0.25) is 0 Å². The van der Waals surface area contributed by atoms with Crippen molar-refractivity contribution in [2.75, 3.05) is 17.3 Å². The maximum Gasteiger partial charge on any atom is 0.258 e. The lowest BCUT2D eigenvalue weighted by Crippen LogP contribution is -2.41. The van der Waals surface area contributed by atoms with Crippen LogP contribution in [0, 0.1) is 13.8 Å². The Morgan fingerprint density at radius 1 is 1.11 bits per heavy atom. The highest BCUT2D eigenvalue weighted by atomic mass is 32.2. The van der Waals surface area contributed by atoms with Crippen LogP contribution in [0.15, 0.2) is 53.9 Å². The predicted octanol–water partition coefficient (Wildman–Crippen LogP) is 3.66. The molecule has 1 atom stereocenters. The summed E-state index contributed by atoms with van der Waals surface area (Å²) in [6.45, 7) is 6.32. The van der Waals surface area contributed by atoms with Crippen LogP contribution >= 0.6 is 0 Å². The van der Waals surface area contributed by atoms with E-state index in [1.807, 2.05) is 39.0 Å². The average Bonchev–Trinajstić information content (AvgIpc) is 2.95. The minimum Gasteiger partial charge on any atom is -0.494 e. The summed E-state index contributed by atoms with van der Waals surface area (Å²) in [6, 6.07) is 12.2. The van der Waals surface area contributed by atoms with Crippen molar-refractivity contribution in [1.82, 2.24) is 0 Å². The molecule has 0 saturated carbocycles. The Bertz CT molecular complexity index is 957. The van der Waals surface area contributed by atoms with Gasteiger partial charge in [-0.1, -0.05) is 17.2 Å². The molecule has 6 heteroatoms. The molecule has 142 valence electrons. The van der Waals surface area contributed by atoms with Crippen LogP contribution < -0.4 is 9.64 Å². The summed E-state index contributed by atoms with van der Waals surface area (Å²) in [4.78, 5) is 14.9. The molecular formula is C21H23NO4S. The van der Waals surface area contributed by atoms with Crippen LogP contribution in [0.1, 0.15) is 28.4 Å². The zero-order chi connectivity index (χ0) is 19.6. The smallest absolute Gasteiger partial charge is 0.258 e. The zero-order valence-electron chi connectivity index (χ0n) is 15.7. The Morgan fingerprint density at radius 3 is 2.26 bits per heavy atom. The summed E-state index contributed by atoms with van der Waals surface area (Å²) in [5.41, 5.74) is 3.15. The Kier molecular flexibility index (Phi) is 5.37. The van der Waals surface area contributed by atoms with E-state index in [1.54, 1.807) is 35.2 Å². The second kappa shape index (κ2) is 7.56. The van der Waals surface area contributed by atoms with Gasteiger partial charge >= 0.3 is 0 Å². The van der Waals surface area contributed by atoms with E-state index in [0.29, 0.717) is 23.6 Å². The van der Waals surface area contributed by atoms with Crippen molar-refractivity contribution in [3.8, 4) is 5.75 Å². The molecule has 27 heavy (non-hydrogen) atoms. The molecule has 1 amide bonds. The highest BCUT2D eigenvalue weighted by Crippen LogP contribution is 2.27. The molecule has 0 radical (unpaired) electrons. The number of benzene rings is 2. The van der Waals surface area contributed by atoms with Gasteiger partial charge in [-0.2, -0.15) is 0 Å². The van der Waals surface area contributed by atoms with Gasteiger partial charge in [-0.05, 0) is 63.2 Å². The van der Waals surface area contributed by atoms with Crippen molar-refractivity contribution >= 4 is 21.4 Å². The first-order chi connectivity index (χ1) is 12.8. The van der Waals surface area contributed by atoms with Crippen LogP contribution in [0.4, 0.5) is 5.69 Å². The van der Waals surface area contributed by atoms with Crippen molar-refractivity contribution in [1.29, 1.82) is 0 Å². The Morgan fingerprint density at radius 2 is 1.74 bits per heavy atom. The molecule has 3 rings (SSSR count). The minimum atomic E-state index is -3.30. The highest BCUT2D eigenvalue weighted by Gasteiger charge is 2.32. The van der Waals surface area contributed by atoms with Gasteiger partial charge in [0.1, 0.15) is 5.75 Å². The molecule has 0 bridgehead atoms. The highest BCUT2D eigenvalue weighted by molar-refractivity contribution is 7.94. The first-order valence-corrected chi connectivity index (χ1v) is 10.6. The van der Waals surface area contributed by atoms with Crippen LogP contribution in [0.2, 0.25) is 0 Å². The lowest BCUT2D eigenvalue weighted by atomic mass is 10.0. The SMILES string of the molecule is CCOc1ccc(N(C(=O)c2cc(C)cc(C)c2)[C@H]2C=CS(=O)(=O)C2)cc1. The number of nitrogens with zero attached hydrogens (tertiary/aromatic N) is 1. The number of carbonyl (C=O) groups excluding carboxylic acids is 1. The normalized spacial score (nSPS) is 17.7. The van der Waals surface area contributed by atoms with E-state index in [-0.39, 0.29) is 11.7 Å². The maximum absolute atomic E-state index is 13.3. The van der Waals surface area contributed by atoms with Crippen LogP contribution in [-0.2, 0) is 9.84 Å². The summed E-state index contributed by atoms with van der Waals surface area (Å²) in [7, 11) is -3.30. The second-order valence-electron chi connectivity index (χ2n) is 6.70. The van der Waals surface area contributed by atoms with E-state index in [9.17, 15) is 13.2 Å². The molecule has 0 aliphatic carbocycles. The second-order valence-corrected chi connectivity index (χ2v) is 8.64. The fraction of sp³-hybridized carbons (Fsp3) is 0.286. The van der Waals surface area contributed by atoms with E-state index in [1.165, 1.54) is 5.41 Å². The van der Waals surface area contributed by atoms with Crippen LogP contribution in [0.5, 0.6) is 5.75 Å². The maximum atomic E-state index is 13.3. The minimum absolute atomic E-state index is 0.114. The van der Waals surface area contributed by atoms with Crippen molar-refractivity contribution < 1.29 is 17.9 Å². The monoisotopic (exact) mass is 385 g/mol. The van der Waals surface area contributed by atoms with Gasteiger partial charge in [0.25, 0.3) is 5.91 Å². The lowest BCUT2D eigenvalue weighted by molar-refractivity contribution is 0.0983. The number of hydrogen-bond donors (Lipinski definition) is 0. The first-order valence-electron chi connectivity index (χ1n) is 8.85. The number of anilines is 1. The molecule has 0 saturated heterocycles. The van der Waals surface area contributed by atoms with Gasteiger partial charge in [0.15, 0.2) is 9.84 Å². The fourth-order valence-electron chi connectivity index (χ4n) is 3.29. The van der Waals surface area contributed by atoms with Crippen molar-refractivity contribution in [3.63, 3.8) is 0 Å². The number of amides is 1. The summed E-state index contributed by atoms with van der Waals surface area (Å²) >= 11 is 0. The van der Waals surface area contributed by atoms with Crippen LogP contribution in [0.25, 0.3) is 0 Å². The molecule has 1 aliphatic rings. The van der Waals surface area contributed by atoms with Crippen molar-refractivity contribution in [3.05, 3.63) is 70.6 Å². The van der Waals surface area contributed by atoms with Gasteiger partial charge in [0, 0.05) is 16.7 Å². The Hall–Kier alpha value is -2.60. The zero-order valence-corrected chi connectivity index (χ0v) is 16.5. The van der Waals surface area contributed by atoms with Crippen molar-refractivity contribution in [2.24, 2.45) is 0 Å². The number of rotatable bonds is 5. The molecule has 1 aliphatic heterocycles. The third-order valence-electron chi connectivity index (χ3n) is 4.36. The molecule has 1 heterocycles. The molecule has 0 aromatic heterocycles. The first kappa shape index (κ1) is 19.2. The Balaban J connectivity index is 2.02. The molecule has 5 nitrogen and oxygen atoms in total. The summed E-state index contributed by atoms with van der Waals surface area (Å²) in [5.74, 6) is 0.365.